The number of likely N-dealkylation sites (N-methyl/N-ethyl adjacent to an activating group) is 2. The monoisotopic (exact) mass is 547 g/mol. The van der Waals surface area contributed by atoms with Gasteiger partial charge in [0.05, 0.1) is 24.9 Å². The summed E-state index contributed by atoms with van der Waals surface area (Å²) in [6.07, 6.45) is 9.87. The molecule has 1 fully saturated rings. The Hall–Kier alpha value is -3.97. The first kappa shape index (κ1) is 30.6. The Morgan fingerprint density at radius 3 is 2.73 bits per heavy atom. The summed E-state index contributed by atoms with van der Waals surface area (Å²) in [5.74, 6) is 8.66. The van der Waals surface area contributed by atoms with Crippen LogP contribution in [0, 0.1) is 23.7 Å². The van der Waals surface area contributed by atoms with E-state index in [0.717, 1.165) is 37.1 Å². The van der Waals surface area contributed by atoms with Gasteiger partial charge in [-0.15, -0.1) is 0 Å². The average Bonchev–Trinajstić information content (AvgIpc) is 2.92. The van der Waals surface area contributed by atoms with E-state index >= 15 is 0 Å². The minimum Gasteiger partial charge on any atom is -0.481 e. The number of methoxy groups -OCH3 is 1. The van der Waals surface area contributed by atoms with E-state index in [2.05, 4.69) is 44.4 Å². The lowest BCUT2D eigenvalue weighted by molar-refractivity contribution is -0.134. The van der Waals surface area contributed by atoms with E-state index in [4.69, 9.17) is 4.74 Å². The number of amides is 1. The SMILES string of the molecule is CCCNc1nc(Nc2ccnc(OC)c2)ncc1C#CC1CC(CC(=O)[C@H](C)N(C)C(=O)/C=C/CN(C)C)C1. The first-order chi connectivity index (χ1) is 19.2. The average molecular weight is 548 g/mol. The van der Waals surface area contributed by atoms with Crippen molar-refractivity contribution in [3.8, 4) is 17.7 Å². The van der Waals surface area contributed by atoms with Gasteiger partial charge in [-0.25, -0.2) is 9.97 Å². The number of aromatic nitrogens is 3. The summed E-state index contributed by atoms with van der Waals surface area (Å²) in [5.41, 5.74) is 1.51. The molecule has 3 rings (SSSR count). The summed E-state index contributed by atoms with van der Waals surface area (Å²) in [6, 6.07) is 3.14. The van der Waals surface area contributed by atoms with Crippen LogP contribution >= 0.6 is 0 Å². The number of ketones is 1. The highest BCUT2D eigenvalue weighted by molar-refractivity contribution is 5.93. The normalized spacial score (nSPS) is 17.0. The van der Waals surface area contributed by atoms with Crippen LogP contribution in [0.5, 0.6) is 5.88 Å². The fraction of sp³-hybridized carbons (Fsp3) is 0.500. The van der Waals surface area contributed by atoms with Crippen LogP contribution in [0.3, 0.4) is 0 Å². The van der Waals surface area contributed by atoms with E-state index in [9.17, 15) is 9.59 Å². The molecule has 10 nitrogen and oxygen atoms in total. The molecular formula is C30H41N7O3. The quantitative estimate of drug-likeness (QED) is 0.286. The van der Waals surface area contributed by atoms with Crippen molar-refractivity contribution in [2.75, 3.05) is 52.0 Å². The predicted octanol–water partition coefficient (Wildman–Crippen LogP) is 3.75. The predicted molar refractivity (Wildman–Crippen MR) is 158 cm³/mol. The van der Waals surface area contributed by atoms with Crippen molar-refractivity contribution in [1.82, 2.24) is 24.8 Å². The molecule has 214 valence electrons. The third kappa shape index (κ3) is 9.06. The first-order valence-electron chi connectivity index (χ1n) is 13.7. The summed E-state index contributed by atoms with van der Waals surface area (Å²) in [6.45, 7) is 5.33. The number of carbonyl (C=O) groups excluding carboxylic acids is 2. The molecule has 2 aromatic heterocycles. The molecule has 40 heavy (non-hydrogen) atoms. The van der Waals surface area contributed by atoms with Gasteiger partial charge in [0.15, 0.2) is 5.78 Å². The molecule has 0 aliphatic heterocycles. The maximum atomic E-state index is 12.8. The van der Waals surface area contributed by atoms with Crippen LogP contribution in [-0.4, -0.2) is 83.8 Å². The minimum absolute atomic E-state index is 0.0858. The van der Waals surface area contributed by atoms with Crippen LogP contribution in [0.4, 0.5) is 17.5 Å². The number of hydrogen-bond acceptors (Lipinski definition) is 9. The lowest BCUT2D eigenvalue weighted by Crippen LogP contribution is -2.41. The molecule has 10 heteroatoms. The number of nitrogens with one attached hydrogen (secondary N) is 2. The van der Waals surface area contributed by atoms with Gasteiger partial charge >= 0.3 is 0 Å². The largest absolute Gasteiger partial charge is 0.481 e. The summed E-state index contributed by atoms with van der Waals surface area (Å²) < 4.78 is 5.18. The van der Waals surface area contributed by atoms with Gasteiger partial charge in [0, 0.05) is 56.5 Å². The zero-order valence-electron chi connectivity index (χ0n) is 24.4. The molecule has 0 saturated heterocycles. The molecule has 0 aromatic carbocycles. The van der Waals surface area contributed by atoms with Gasteiger partial charge in [0.25, 0.3) is 0 Å². The van der Waals surface area contributed by atoms with Gasteiger partial charge in [0.1, 0.15) is 5.82 Å². The van der Waals surface area contributed by atoms with Gasteiger partial charge in [-0.2, -0.15) is 4.98 Å². The van der Waals surface area contributed by atoms with Crippen molar-refractivity contribution in [2.45, 2.75) is 45.6 Å². The summed E-state index contributed by atoms with van der Waals surface area (Å²) in [5, 5.41) is 6.52. The standard InChI is InChI=1S/C30H41N7O3/c1-7-13-32-29-24(20-33-30(35-29)34-25-12-14-31-27(19-25)40-6)11-10-22-16-23(17-22)18-26(38)21(2)37(5)28(39)9-8-15-36(3)4/h8-9,12,14,19-23H,7,13,15-18H2,1-6H3,(H2,31,32,33,34,35)/b9-8+/t21-,22?,23?/m0/s1. The van der Waals surface area contributed by atoms with Gasteiger partial charge in [0.2, 0.25) is 17.7 Å². The highest BCUT2D eigenvalue weighted by Gasteiger charge is 2.32. The lowest BCUT2D eigenvalue weighted by Gasteiger charge is -2.33. The van der Waals surface area contributed by atoms with Gasteiger partial charge in [-0.1, -0.05) is 24.8 Å². The van der Waals surface area contributed by atoms with E-state index in [1.165, 1.54) is 11.0 Å². The van der Waals surface area contributed by atoms with Crippen LogP contribution in [-0.2, 0) is 9.59 Å². The highest BCUT2D eigenvalue weighted by atomic mass is 16.5. The fourth-order valence-corrected chi connectivity index (χ4v) is 4.18. The fourth-order valence-electron chi connectivity index (χ4n) is 4.18. The van der Waals surface area contributed by atoms with Crippen LogP contribution < -0.4 is 15.4 Å². The number of rotatable bonds is 13. The number of anilines is 3. The lowest BCUT2D eigenvalue weighted by atomic mass is 9.72. The Bertz CT molecular complexity index is 1250. The number of pyridine rings is 1. The Morgan fingerprint density at radius 2 is 2.02 bits per heavy atom. The number of hydrogen-bond donors (Lipinski definition) is 2. The third-order valence-electron chi connectivity index (χ3n) is 6.79. The number of Topliss-reactive ketones (excluding diaryl/α,β-unsaturated/α-hetero) is 1. The Morgan fingerprint density at radius 1 is 1.25 bits per heavy atom. The van der Waals surface area contributed by atoms with E-state index in [0.29, 0.717) is 36.5 Å². The molecule has 2 aromatic rings. The van der Waals surface area contributed by atoms with Crippen molar-refractivity contribution >= 4 is 29.1 Å². The maximum absolute atomic E-state index is 12.8. The molecule has 1 amide bonds. The molecule has 0 unspecified atom stereocenters. The molecule has 2 heterocycles. The molecular weight excluding hydrogens is 506 g/mol. The molecule has 1 aliphatic carbocycles. The minimum atomic E-state index is -0.452. The zero-order valence-corrected chi connectivity index (χ0v) is 24.4. The molecule has 0 radical (unpaired) electrons. The van der Waals surface area contributed by atoms with E-state index in [-0.39, 0.29) is 17.6 Å². The smallest absolute Gasteiger partial charge is 0.246 e. The third-order valence-corrected chi connectivity index (χ3v) is 6.79. The van der Waals surface area contributed by atoms with Crippen LogP contribution in [0.15, 0.2) is 36.7 Å². The van der Waals surface area contributed by atoms with Crippen molar-refractivity contribution in [3.05, 3.63) is 42.2 Å². The maximum Gasteiger partial charge on any atom is 0.246 e. The van der Waals surface area contributed by atoms with E-state index < -0.39 is 6.04 Å². The summed E-state index contributed by atoms with van der Waals surface area (Å²) in [7, 11) is 7.13. The Balaban J connectivity index is 1.55. The summed E-state index contributed by atoms with van der Waals surface area (Å²) in [4.78, 5) is 41.8. The van der Waals surface area contributed by atoms with Crippen LogP contribution in [0.25, 0.3) is 0 Å². The Labute approximate surface area is 237 Å². The number of ether oxygens (including phenoxy) is 1. The summed E-state index contributed by atoms with van der Waals surface area (Å²) >= 11 is 0. The number of carbonyl (C=O) groups is 2. The van der Waals surface area contributed by atoms with Crippen molar-refractivity contribution in [1.29, 1.82) is 0 Å². The van der Waals surface area contributed by atoms with Gasteiger partial charge in [-0.05, 0) is 52.3 Å². The second-order valence-corrected chi connectivity index (χ2v) is 10.4. The topological polar surface area (TPSA) is 113 Å². The van der Waals surface area contributed by atoms with E-state index in [1.54, 1.807) is 39.5 Å². The van der Waals surface area contributed by atoms with E-state index in [1.807, 2.05) is 31.1 Å². The van der Waals surface area contributed by atoms with Gasteiger partial charge in [-0.3, -0.25) is 9.59 Å². The molecule has 0 bridgehead atoms. The molecule has 1 aliphatic rings. The first-order valence-corrected chi connectivity index (χ1v) is 13.7. The van der Waals surface area contributed by atoms with Crippen LogP contribution in [0.2, 0.25) is 0 Å². The molecule has 1 saturated carbocycles. The van der Waals surface area contributed by atoms with Crippen molar-refractivity contribution < 1.29 is 14.3 Å². The van der Waals surface area contributed by atoms with Crippen molar-refractivity contribution in [2.24, 2.45) is 11.8 Å². The number of nitrogens with zero attached hydrogens (tertiary/aromatic N) is 5. The Kier molecular flexibility index (Phi) is 11.5. The molecule has 0 spiro atoms. The van der Waals surface area contributed by atoms with Gasteiger partial charge < -0.3 is 25.2 Å². The van der Waals surface area contributed by atoms with Crippen LogP contribution in [0.1, 0.15) is 45.1 Å². The molecule has 2 N–H and O–H groups in total. The highest BCUT2D eigenvalue weighted by Crippen LogP contribution is 2.36. The zero-order chi connectivity index (χ0) is 29.1. The molecule has 1 atom stereocenters. The second kappa shape index (κ2) is 15.0. The van der Waals surface area contributed by atoms with Crippen molar-refractivity contribution in [3.63, 3.8) is 0 Å². The second-order valence-electron chi connectivity index (χ2n) is 10.4.